The van der Waals surface area contributed by atoms with Crippen molar-refractivity contribution in [3.05, 3.63) is 11.9 Å². The number of anilines is 2. The molecule has 1 aliphatic carbocycles. The normalized spacial score (nSPS) is 15.9. The van der Waals surface area contributed by atoms with Crippen LogP contribution in [0.1, 0.15) is 31.7 Å². The van der Waals surface area contributed by atoms with Crippen molar-refractivity contribution in [3.8, 4) is 0 Å². The topological polar surface area (TPSA) is 49.8 Å². The summed E-state index contributed by atoms with van der Waals surface area (Å²) in [4.78, 5) is 8.50. The minimum atomic E-state index is 0.619. The summed E-state index contributed by atoms with van der Waals surface area (Å²) in [6.07, 6.45) is 5.48. The molecule has 0 atom stereocenters. The Hall–Kier alpha value is -1.32. The van der Waals surface area contributed by atoms with E-state index in [1.807, 2.05) is 0 Å². The van der Waals surface area contributed by atoms with E-state index in [-0.39, 0.29) is 0 Å². The van der Waals surface area contributed by atoms with Crippen molar-refractivity contribution in [1.29, 1.82) is 0 Å². The predicted octanol–water partition coefficient (Wildman–Crippen LogP) is 2.18. The lowest BCUT2D eigenvalue weighted by Gasteiger charge is -2.27. The van der Waals surface area contributed by atoms with Gasteiger partial charge in [-0.25, -0.2) is 9.97 Å². The van der Waals surface area contributed by atoms with E-state index < -0.39 is 0 Å². The monoisotopic (exact) mass is 206 g/mol. The highest BCUT2D eigenvalue weighted by Gasteiger charge is 2.18. The van der Waals surface area contributed by atoms with Gasteiger partial charge in [-0.2, -0.15) is 0 Å². The van der Waals surface area contributed by atoms with Gasteiger partial charge >= 0.3 is 0 Å². The summed E-state index contributed by atoms with van der Waals surface area (Å²) >= 11 is 0. The van der Waals surface area contributed by atoms with Crippen molar-refractivity contribution in [3.63, 3.8) is 0 Å². The average Bonchev–Trinajstić information content (AvgIpc) is 2.17. The molecule has 1 aromatic rings. The van der Waals surface area contributed by atoms with Gasteiger partial charge in [-0.15, -0.1) is 0 Å². The lowest BCUT2D eigenvalue weighted by Crippen LogP contribution is -2.28. The molecule has 15 heavy (non-hydrogen) atoms. The van der Waals surface area contributed by atoms with E-state index in [9.17, 15) is 0 Å². The average molecular weight is 206 g/mol. The minimum absolute atomic E-state index is 0.619. The van der Waals surface area contributed by atoms with Crippen LogP contribution in [0.4, 0.5) is 11.6 Å². The largest absolute Gasteiger partial charge is 0.370 e. The van der Waals surface area contributed by atoms with Crippen LogP contribution in [0.25, 0.3) is 0 Å². The molecule has 4 nitrogen and oxygen atoms in total. The number of hydrogen-bond donors (Lipinski definition) is 2. The molecule has 0 aliphatic heterocycles. The van der Waals surface area contributed by atoms with Gasteiger partial charge in [-0.3, -0.25) is 0 Å². The summed E-state index contributed by atoms with van der Waals surface area (Å²) in [7, 11) is 0. The van der Waals surface area contributed by atoms with Gasteiger partial charge in [-0.1, -0.05) is 0 Å². The fourth-order valence-electron chi connectivity index (χ4n) is 1.69. The lowest BCUT2D eigenvalue weighted by atomic mass is 9.93. The van der Waals surface area contributed by atoms with Crippen molar-refractivity contribution >= 4 is 11.6 Å². The fraction of sp³-hybridized carbons (Fsp3) is 0.636. The number of nitrogens with one attached hydrogen (secondary N) is 2. The molecule has 82 valence electrons. The van der Waals surface area contributed by atoms with Gasteiger partial charge in [-0.05, 0) is 33.1 Å². The van der Waals surface area contributed by atoms with Crippen molar-refractivity contribution < 1.29 is 0 Å². The van der Waals surface area contributed by atoms with Crippen LogP contribution in [0.3, 0.4) is 0 Å². The molecular formula is C11H18N4. The molecule has 2 rings (SSSR count). The van der Waals surface area contributed by atoms with Crippen molar-refractivity contribution in [1.82, 2.24) is 9.97 Å². The van der Waals surface area contributed by atoms with Gasteiger partial charge in [0.1, 0.15) is 18.0 Å². The molecule has 1 saturated carbocycles. The number of aromatic nitrogens is 2. The third kappa shape index (κ3) is 2.19. The molecule has 1 aliphatic rings. The van der Waals surface area contributed by atoms with Gasteiger partial charge in [0.25, 0.3) is 0 Å². The third-order valence-corrected chi connectivity index (χ3v) is 2.87. The highest BCUT2D eigenvalue weighted by Crippen LogP contribution is 2.25. The van der Waals surface area contributed by atoms with Crippen LogP contribution in [0.2, 0.25) is 0 Å². The molecule has 1 aromatic heterocycles. The lowest BCUT2D eigenvalue weighted by molar-refractivity contribution is 0.444. The Morgan fingerprint density at radius 2 is 2.07 bits per heavy atom. The molecule has 0 bridgehead atoms. The third-order valence-electron chi connectivity index (χ3n) is 2.87. The molecule has 0 radical (unpaired) electrons. The Morgan fingerprint density at radius 3 is 2.67 bits per heavy atom. The first-order chi connectivity index (χ1) is 7.31. The smallest absolute Gasteiger partial charge is 0.134 e. The van der Waals surface area contributed by atoms with E-state index >= 15 is 0 Å². The van der Waals surface area contributed by atoms with E-state index in [0.717, 1.165) is 23.7 Å². The SMILES string of the molecule is CCNc1ncnc(NC2CCC2)c1C. The molecule has 0 saturated heterocycles. The van der Waals surface area contributed by atoms with Gasteiger partial charge in [0.15, 0.2) is 0 Å². The summed E-state index contributed by atoms with van der Waals surface area (Å²) in [5, 5.41) is 6.69. The van der Waals surface area contributed by atoms with Crippen molar-refractivity contribution in [2.75, 3.05) is 17.2 Å². The minimum Gasteiger partial charge on any atom is -0.370 e. The summed E-state index contributed by atoms with van der Waals surface area (Å²) < 4.78 is 0. The highest BCUT2D eigenvalue weighted by atomic mass is 15.1. The van der Waals surface area contributed by atoms with E-state index in [0.29, 0.717) is 6.04 Å². The molecule has 0 amide bonds. The summed E-state index contributed by atoms with van der Waals surface area (Å²) in [6, 6.07) is 0.619. The van der Waals surface area contributed by atoms with Gasteiger partial charge in [0.2, 0.25) is 0 Å². The second-order valence-corrected chi connectivity index (χ2v) is 4.00. The Morgan fingerprint density at radius 1 is 1.33 bits per heavy atom. The number of nitrogens with zero attached hydrogens (tertiary/aromatic N) is 2. The first kappa shape index (κ1) is 10.2. The van der Waals surface area contributed by atoms with Crippen LogP contribution in [-0.2, 0) is 0 Å². The van der Waals surface area contributed by atoms with Gasteiger partial charge < -0.3 is 10.6 Å². The summed E-state index contributed by atoms with van der Waals surface area (Å²) in [5.74, 6) is 1.92. The summed E-state index contributed by atoms with van der Waals surface area (Å²) in [5.41, 5.74) is 1.12. The Labute approximate surface area is 90.5 Å². The first-order valence-electron chi connectivity index (χ1n) is 5.63. The van der Waals surface area contributed by atoms with Crippen LogP contribution >= 0.6 is 0 Å². The Bertz CT molecular complexity index is 333. The maximum atomic E-state index is 4.28. The van der Waals surface area contributed by atoms with E-state index in [1.165, 1.54) is 19.3 Å². The first-order valence-corrected chi connectivity index (χ1v) is 5.63. The van der Waals surface area contributed by atoms with Crippen molar-refractivity contribution in [2.45, 2.75) is 39.2 Å². The molecule has 0 aromatic carbocycles. The van der Waals surface area contributed by atoms with Crippen LogP contribution in [0, 0.1) is 6.92 Å². The van der Waals surface area contributed by atoms with E-state index in [4.69, 9.17) is 0 Å². The Balaban J connectivity index is 2.11. The molecule has 4 heteroatoms. The van der Waals surface area contributed by atoms with Gasteiger partial charge in [0, 0.05) is 18.2 Å². The second kappa shape index (κ2) is 4.47. The van der Waals surface area contributed by atoms with E-state index in [1.54, 1.807) is 6.33 Å². The maximum Gasteiger partial charge on any atom is 0.134 e. The van der Waals surface area contributed by atoms with Gasteiger partial charge in [0.05, 0.1) is 0 Å². The standard InChI is InChI=1S/C11H18N4/c1-3-12-10-8(2)11(14-7-13-10)15-9-5-4-6-9/h7,9H,3-6H2,1-2H3,(H2,12,13,14,15). The predicted molar refractivity (Wildman–Crippen MR) is 62.2 cm³/mol. The zero-order valence-corrected chi connectivity index (χ0v) is 9.38. The van der Waals surface area contributed by atoms with Crippen LogP contribution in [0.5, 0.6) is 0 Å². The fourth-order valence-corrected chi connectivity index (χ4v) is 1.69. The highest BCUT2D eigenvalue weighted by molar-refractivity contribution is 5.56. The maximum absolute atomic E-state index is 4.28. The quantitative estimate of drug-likeness (QED) is 0.792. The number of rotatable bonds is 4. The van der Waals surface area contributed by atoms with Crippen molar-refractivity contribution in [2.24, 2.45) is 0 Å². The molecular weight excluding hydrogens is 188 g/mol. The zero-order chi connectivity index (χ0) is 10.7. The summed E-state index contributed by atoms with van der Waals surface area (Å²) in [6.45, 7) is 5.01. The second-order valence-electron chi connectivity index (χ2n) is 4.00. The molecule has 1 fully saturated rings. The number of hydrogen-bond acceptors (Lipinski definition) is 4. The zero-order valence-electron chi connectivity index (χ0n) is 9.38. The molecule has 2 N–H and O–H groups in total. The Kier molecular flexibility index (Phi) is 3.04. The molecule has 0 spiro atoms. The molecule has 0 unspecified atom stereocenters. The van der Waals surface area contributed by atoms with Crippen LogP contribution in [-0.4, -0.2) is 22.6 Å². The van der Waals surface area contributed by atoms with E-state index in [2.05, 4.69) is 34.4 Å². The molecule has 1 heterocycles. The van der Waals surface area contributed by atoms with Crippen LogP contribution in [0.15, 0.2) is 6.33 Å². The van der Waals surface area contributed by atoms with Crippen LogP contribution < -0.4 is 10.6 Å².